The third kappa shape index (κ3) is 7.38. The molecule has 0 fully saturated rings. The molecule has 0 aliphatic heterocycles. The molecule has 2 heteroatoms. The first-order valence-electron chi connectivity index (χ1n) is 3.40. The van der Waals surface area contributed by atoms with Gasteiger partial charge in [-0.3, -0.25) is 0 Å². The van der Waals surface area contributed by atoms with Crippen LogP contribution in [0.5, 0.6) is 0 Å². The van der Waals surface area contributed by atoms with Crippen LogP contribution in [-0.2, 0) is 0 Å². The molecule has 0 saturated carbocycles. The van der Waals surface area contributed by atoms with Crippen LogP contribution < -0.4 is 0 Å². The van der Waals surface area contributed by atoms with Crippen molar-refractivity contribution in [1.82, 2.24) is 0 Å². The van der Waals surface area contributed by atoms with E-state index in [1.54, 1.807) is 0 Å². The van der Waals surface area contributed by atoms with E-state index in [1.807, 2.05) is 0 Å². The monoisotopic (exact) mass is 127 g/mol. The van der Waals surface area contributed by atoms with Crippen molar-refractivity contribution in [3.05, 3.63) is 0 Å². The fraction of sp³-hybridized carbons (Fsp3) is 0.857. The van der Waals surface area contributed by atoms with Gasteiger partial charge < -0.3 is 0 Å². The van der Waals surface area contributed by atoms with Crippen LogP contribution in [0.4, 0.5) is 0 Å². The Morgan fingerprint density at radius 1 is 1.56 bits per heavy atom. The Kier molecular flexibility index (Phi) is 5.14. The molecular formula is C7H15N2+. The summed E-state index contributed by atoms with van der Waals surface area (Å²) >= 11 is 0. The third-order valence-electron chi connectivity index (χ3n) is 1.14. The second kappa shape index (κ2) is 5.52. The molecule has 0 aromatic carbocycles. The molecule has 2 nitrogen and oxygen atoms in total. The molecule has 0 saturated heterocycles. The Hall–Kier alpha value is -0.620. The van der Waals surface area contributed by atoms with Crippen molar-refractivity contribution in [3.8, 4) is 0 Å². The van der Waals surface area contributed by atoms with Gasteiger partial charge in [0.05, 0.1) is 5.11 Å². The van der Waals surface area contributed by atoms with E-state index in [-0.39, 0.29) is 0 Å². The highest BCUT2D eigenvalue weighted by molar-refractivity contribution is 5.12. The summed E-state index contributed by atoms with van der Waals surface area (Å²) in [7, 11) is 0. The molecule has 0 aliphatic carbocycles. The molecule has 0 aromatic heterocycles. The minimum absolute atomic E-state index is 0.782. The predicted octanol–water partition coefficient (Wildman–Crippen LogP) is 1.78. The lowest BCUT2D eigenvalue weighted by Crippen LogP contribution is -1.88. The summed E-state index contributed by atoms with van der Waals surface area (Å²) in [6.45, 7) is 8.52. The average Bonchev–Trinajstić information content (AvgIpc) is 1.80. The van der Waals surface area contributed by atoms with Gasteiger partial charge in [-0.2, -0.15) is 0 Å². The van der Waals surface area contributed by atoms with Gasteiger partial charge >= 0.3 is 0 Å². The number of hydrogen-bond donors (Lipinski definition) is 0. The standard InChI is InChI=1S/C7H15N2/c1-7(2)5-4-6-9-8-3/h7H,3-6H2,1-2H3/q+1. The quantitative estimate of drug-likeness (QED) is 0.238. The Morgan fingerprint density at radius 3 is 2.67 bits per heavy atom. The summed E-state index contributed by atoms with van der Waals surface area (Å²) in [6.07, 6.45) is 2.37. The lowest BCUT2D eigenvalue weighted by atomic mass is 10.1. The van der Waals surface area contributed by atoms with Gasteiger partial charge in [-0.05, 0) is 18.8 Å². The van der Waals surface area contributed by atoms with E-state index >= 15 is 0 Å². The molecule has 9 heavy (non-hydrogen) atoms. The first-order chi connectivity index (χ1) is 4.27. The fourth-order valence-electron chi connectivity index (χ4n) is 0.641. The van der Waals surface area contributed by atoms with E-state index < -0.39 is 0 Å². The molecular weight excluding hydrogens is 112 g/mol. The maximum Gasteiger partial charge on any atom is 0.295 e. The van der Waals surface area contributed by atoms with E-state index in [1.165, 1.54) is 6.42 Å². The lowest BCUT2D eigenvalue weighted by molar-refractivity contribution is -0.0779. The second-order valence-corrected chi connectivity index (χ2v) is 2.54. The highest BCUT2D eigenvalue weighted by Gasteiger charge is 1.93. The van der Waals surface area contributed by atoms with Crippen LogP contribution in [0.3, 0.4) is 0 Å². The molecule has 0 aromatic rings. The summed E-state index contributed by atoms with van der Waals surface area (Å²) in [5, 5.41) is 3.76. The van der Waals surface area contributed by atoms with Crippen molar-refractivity contribution in [2.24, 2.45) is 11.0 Å². The van der Waals surface area contributed by atoms with Crippen LogP contribution in [0.15, 0.2) is 5.11 Å². The first kappa shape index (κ1) is 8.38. The highest BCUT2D eigenvalue weighted by Crippen LogP contribution is 2.02. The summed E-state index contributed by atoms with van der Waals surface area (Å²) in [5.74, 6) is 0.782. The zero-order valence-corrected chi connectivity index (χ0v) is 6.30. The van der Waals surface area contributed by atoms with Gasteiger partial charge in [-0.25, -0.2) is 0 Å². The van der Waals surface area contributed by atoms with Crippen LogP contribution in [0.2, 0.25) is 0 Å². The van der Waals surface area contributed by atoms with Crippen molar-refractivity contribution in [2.45, 2.75) is 26.7 Å². The van der Waals surface area contributed by atoms with E-state index in [0.717, 1.165) is 18.9 Å². The van der Waals surface area contributed by atoms with Crippen molar-refractivity contribution >= 4 is 6.72 Å². The Bertz CT molecular complexity index is 101. The molecule has 52 valence electrons. The highest BCUT2D eigenvalue weighted by atomic mass is 15.0. The predicted molar refractivity (Wildman–Crippen MR) is 38.7 cm³/mol. The SMILES string of the molecule is C=[N+]=NCCCC(C)C. The average molecular weight is 127 g/mol. The van der Waals surface area contributed by atoms with Gasteiger partial charge in [0.2, 0.25) is 0 Å². The molecule has 0 radical (unpaired) electrons. The minimum atomic E-state index is 0.782. The maximum absolute atomic E-state index is 3.76. The fourth-order valence-corrected chi connectivity index (χ4v) is 0.641. The lowest BCUT2D eigenvalue weighted by Gasteiger charge is -1.97. The zero-order chi connectivity index (χ0) is 7.11. The first-order valence-corrected chi connectivity index (χ1v) is 3.40. The van der Waals surface area contributed by atoms with Gasteiger partial charge in [-0.1, -0.05) is 13.8 Å². The largest absolute Gasteiger partial charge is 0.295 e. The Labute approximate surface area is 56.7 Å². The number of rotatable bonds is 4. The summed E-state index contributed by atoms with van der Waals surface area (Å²) < 4.78 is 0. The van der Waals surface area contributed by atoms with E-state index in [4.69, 9.17) is 0 Å². The molecule has 0 aliphatic rings. The third-order valence-corrected chi connectivity index (χ3v) is 1.14. The normalized spacial score (nSPS) is 9.22. The van der Waals surface area contributed by atoms with Crippen molar-refractivity contribution in [3.63, 3.8) is 0 Å². The van der Waals surface area contributed by atoms with Crippen LogP contribution in [0.25, 0.3) is 0 Å². The number of nitrogens with zero attached hydrogens (tertiary/aromatic N) is 2. The van der Waals surface area contributed by atoms with Gasteiger partial charge in [0.25, 0.3) is 6.72 Å². The smallest absolute Gasteiger partial charge is 0.0628 e. The molecule has 0 spiro atoms. The van der Waals surface area contributed by atoms with Gasteiger partial charge in [0.15, 0.2) is 0 Å². The Balaban J connectivity index is 3.00. The van der Waals surface area contributed by atoms with Crippen LogP contribution in [-0.4, -0.2) is 18.1 Å². The van der Waals surface area contributed by atoms with Gasteiger partial charge in [0, 0.05) is 4.79 Å². The van der Waals surface area contributed by atoms with E-state index in [0.29, 0.717) is 0 Å². The molecule has 0 amide bonds. The summed E-state index contributed by atoms with van der Waals surface area (Å²) in [6, 6.07) is 0. The van der Waals surface area contributed by atoms with Gasteiger partial charge in [0.1, 0.15) is 6.54 Å². The van der Waals surface area contributed by atoms with Crippen LogP contribution in [0, 0.1) is 5.92 Å². The second-order valence-electron chi connectivity index (χ2n) is 2.54. The van der Waals surface area contributed by atoms with Gasteiger partial charge in [-0.15, -0.1) is 0 Å². The molecule has 0 unspecified atom stereocenters. The molecule has 0 bridgehead atoms. The zero-order valence-electron chi connectivity index (χ0n) is 6.30. The molecule has 0 heterocycles. The Morgan fingerprint density at radius 2 is 2.22 bits per heavy atom. The molecule has 0 rings (SSSR count). The van der Waals surface area contributed by atoms with Crippen molar-refractivity contribution in [1.29, 1.82) is 0 Å². The minimum Gasteiger partial charge on any atom is -0.0628 e. The van der Waals surface area contributed by atoms with Crippen molar-refractivity contribution < 1.29 is 4.79 Å². The molecule has 0 N–H and O–H groups in total. The van der Waals surface area contributed by atoms with E-state index in [9.17, 15) is 0 Å². The summed E-state index contributed by atoms with van der Waals surface area (Å²) in [5.41, 5.74) is 0. The topological polar surface area (TPSA) is 26.5 Å². The van der Waals surface area contributed by atoms with Crippen LogP contribution >= 0.6 is 0 Å². The van der Waals surface area contributed by atoms with Crippen LogP contribution in [0.1, 0.15) is 26.7 Å². The molecule has 0 atom stereocenters. The van der Waals surface area contributed by atoms with E-state index in [2.05, 4.69) is 30.5 Å². The maximum atomic E-state index is 3.76. The van der Waals surface area contributed by atoms with Crippen molar-refractivity contribution in [2.75, 3.05) is 6.54 Å². The summed E-state index contributed by atoms with van der Waals surface area (Å²) in [4.78, 5) is 3.41. The number of hydrogen-bond acceptors (Lipinski definition) is 1.